The molecule has 3 aliphatic heterocycles. The molecule has 0 radical (unpaired) electrons. The van der Waals surface area contributed by atoms with Crippen LogP contribution in [0.5, 0.6) is 0 Å². The second-order valence-electron chi connectivity index (χ2n) is 5.80. The number of piperazine rings is 2. The van der Waals surface area contributed by atoms with Crippen molar-refractivity contribution in [1.82, 2.24) is 15.1 Å². The number of nitrogens with two attached hydrogens (primary N) is 1. The molecule has 0 aromatic carbocycles. The second kappa shape index (κ2) is 5.61. The standard InChI is InChI=1S/C13H20N4O4/c1-21-7-11(18)15-8-4-9-12(19)16-3-2-14-5-10(16)13(20)17(9)6-8/h8-10,14H,2-7H2,1H3,(H,15,18)/p+1/t8-,9-,10-/m0/s1. The molecule has 3 amide bonds. The van der Waals surface area contributed by atoms with Crippen molar-refractivity contribution >= 4 is 17.7 Å². The summed E-state index contributed by atoms with van der Waals surface area (Å²) in [6, 6.07) is -0.925. The number of nitrogens with one attached hydrogen (secondary N) is 1. The average molecular weight is 297 g/mol. The number of amides is 3. The van der Waals surface area contributed by atoms with Crippen molar-refractivity contribution < 1.29 is 24.4 Å². The molecule has 3 aliphatic rings. The van der Waals surface area contributed by atoms with Gasteiger partial charge in [-0.3, -0.25) is 14.4 Å². The molecule has 0 aromatic rings. The van der Waals surface area contributed by atoms with E-state index < -0.39 is 6.04 Å². The van der Waals surface area contributed by atoms with Gasteiger partial charge in [-0.15, -0.1) is 0 Å². The fraction of sp³-hybridized carbons (Fsp3) is 0.769. The van der Waals surface area contributed by atoms with Gasteiger partial charge in [0.05, 0.1) is 13.1 Å². The van der Waals surface area contributed by atoms with Crippen LogP contribution in [0.15, 0.2) is 0 Å². The lowest BCUT2D eigenvalue weighted by Gasteiger charge is -2.43. The van der Waals surface area contributed by atoms with Crippen LogP contribution in [0.4, 0.5) is 0 Å². The van der Waals surface area contributed by atoms with Crippen molar-refractivity contribution in [3.63, 3.8) is 0 Å². The second-order valence-corrected chi connectivity index (χ2v) is 5.80. The molecule has 3 atom stereocenters. The van der Waals surface area contributed by atoms with Gasteiger partial charge in [0.1, 0.15) is 19.2 Å². The van der Waals surface area contributed by atoms with Crippen LogP contribution in [-0.2, 0) is 19.1 Å². The first-order valence-electron chi connectivity index (χ1n) is 7.32. The Bertz CT molecular complexity index is 437. The predicted octanol–water partition coefficient (Wildman–Crippen LogP) is -3.49. The summed E-state index contributed by atoms with van der Waals surface area (Å²) in [6.45, 7) is 2.51. The fourth-order valence-corrected chi connectivity index (χ4v) is 3.49. The number of fused-ring (bicyclic) bond motifs is 2. The molecule has 116 valence electrons. The Balaban J connectivity index is 1.70. The topological polar surface area (TPSA) is 95.6 Å². The Morgan fingerprint density at radius 2 is 2.10 bits per heavy atom. The number of nitrogens with zero attached hydrogens (tertiary/aromatic N) is 2. The number of hydrogen-bond acceptors (Lipinski definition) is 4. The Labute approximate surface area is 122 Å². The smallest absolute Gasteiger partial charge is 0.252 e. The van der Waals surface area contributed by atoms with Gasteiger partial charge >= 0.3 is 0 Å². The van der Waals surface area contributed by atoms with Crippen molar-refractivity contribution in [3.05, 3.63) is 0 Å². The molecule has 3 heterocycles. The lowest BCUT2D eigenvalue weighted by atomic mass is 10.0. The summed E-state index contributed by atoms with van der Waals surface area (Å²) in [6.07, 6.45) is 0.493. The van der Waals surface area contributed by atoms with Gasteiger partial charge in [-0.25, -0.2) is 0 Å². The first-order chi connectivity index (χ1) is 10.1. The van der Waals surface area contributed by atoms with E-state index >= 15 is 0 Å². The van der Waals surface area contributed by atoms with E-state index in [1.165, 1.54) is 7.11 Å². The average Bonchev–Trinajstić information content (AvgIpc) is 2.89. The third-order valence-corrected chi connectivity index (χ3v) is 4.42. The summed E-state index contributed by atoms with van der Waals surface area (Å²) in [5.41, 5.74) is 0. The van der Waals surface area contributed by atoms with Crippen LogP contribution in [0.1, 0.15) is 6.42 Å². The Hall–Kier alpha value is -1.67. The molecule has 0 spiro atoms. The van der Waals surface area contributed by atoms with E-state index in [2.05, 4.69) is 10.6 Å². The van der Waals surface area contributed by atoms with Crippen molar-refractivity contribution in [1.29, 1.82) is 0 Å². The van der Waals surface area contributed by atoms with E-state index in [1.807, 2.05) is 0 Å². The maximum Gasteiger partial charge on any atom is 0.252 e. The lowest BCUT2D eigenvalue weighted by molar-refractivity contribution is -0.666. The van der Waals surface area contributed by atoms with Gasteiger partial charge in [0, 0.05) is 19.7 Å². The zero-order chi connectivity index (χ0) is 15.0. The van der Waals surface area contributed by atoms with Crippen molar-refractivity contribution in [2.24, 2.45) is 0 Å². The molecule has 8 nitrogen and oxygen atoms in total. The molecule has 3 rings (SSSR count). The normalized spacial score (nSPS) is 32.0. The first kappa shape index (κ1) is 14.3. The van der Waals surface area contributed by atoms with Crippen molar-refractivity contribution in [2.45, 2.75) is 24.5 Å². The van der Waals surface area contributed by atoms with E-state index in [4.69, 9.17) is 4.74 Å². The van der Waals surface area contributed by atoms with Crippen LogP contribution in [0.3, 0.4) is 0 Å². The summed E-state index contributed by atoms with van der Waals surface area (Å²) in [5.74, 6) is -0.177. The highest BCUT2D eigenvalue weighted by molar-refractivity contribution is 5.98. The van der Waals surface area contributed by atoms with Gasteiger partial charge in [-0.05, 0) is 6.42 Å². The molecule has 0 unspecified atom stereocenters. The highest BCUT2D eigenvalue weighted by atomic mass is 16.5. The van der Waals surface area contributed by atoms with Gasteiger partial charge < -0.3 is 25.2 Å². The van der Waals surface area contributed by atoms with Crippen LogP contribution in [0.2, 0.25) is 0 Å². The third-order valence-electron chi connectivity index (χ3n) is 4.42. The van der Waals surface area contributed by atoms with Gasteiger partial charge in [-0.1, -0.05) is 0 Å². The number of rotatable bonds is 3. The van der Waals surface area contributed by atoms with Crippen LogP contribution in [-0.4, -0.2) is 85.5 Å². The van der Waals surface area contributed by atoms with Gasteiger partial charge in [-0.2, -0.15) is 0 Å². The minimum atomic E-state index is -0.417. The van der Waals surface area contributed by atoms with Crippen LogP contribution in [0, 0.1) is 0 Å². The predicted molar refractivity (Wildman–Crippen MR) is 71.1 cm³/mol. The van der Waals surface area contributed by atoms with Crippen molar-refractivity contribution in [2.75, 3.05) is 39.9 Å². The molecule has 3 fully saturated rings. The monoisotopic (exact) mass is 297 g/mol. The zero-order valence-electron chi connectivity index (χ0n) is 12.1. The minimum Gasteiger partial charge on any atom is -0.375 e. The van der Waals surface area contributed by atoms with E-state index in [1.54, 1.807) is 9.80 Å². The molecule has 0 aromatic heterocycles. The van der Waals surface area contributed by atoms with Gasteiger partial charge in [0.15, 0.2) is 6.04 Å². The number of carbonyl (C=O) groups excluding carboxylic acids is 3. The number of methoxy groups -OCH3 is 1. The van der Waals surface area contributed by atoms with E-state index in [9.17, 15) is 14.4 Å². The minimum absolute atomic E-state index is 0.00717. The number of ether oxygens (including phenoxy) is 1. The van der Waals surface area contributed by atoms with E-state index in [-0.39, 0.29) is 36.4 Å². The highest BCUT2D eigenvalue weighted by Gasteiger charge is 2.51. The van der Waals surface area contributed by atoms with Gasteiger partial charge in [0.2, 0.25) is 11.8 Å². The largest absolute Gasteiger partial charge is 0.375 e. The lowest BCUT2D eigenvalue weighted by Crippen LogP contribution is -2.94. The number of carbonyl (C=O) groups is 3. The summed E-state index contributed by atoms with van der Waals surface area (Å²) >= 11 is 0. The fourth-order valence-electron chi connectivity index (χ4n) is 3.49. The molecule has 0 saturated carbocycles. The highest BCUT2D eigenvalue weighted by Crippen LogP contribution is 2.27. The van der Waals surface area contributed by atoms with Crippen LogP contribution < -0.4 is 10.6 Å². The maximum atomic E-state index is 12.5. The molecule has 21 heavy (non-hydrogen) atoms. The van der Waals surface area contributed by atoms with Crippen LogP contribution >= 0.6 is 0 Å². The van der Waals surface area contributed by atoms with Crippen molar-refractivity contribution in [3.8, 4) is 0 Å². The molecule has 3 saturated heterocycles. The zero-order valence-corrected chi connectivity index (χ0v) is 12.1. The number of quaternary nitrogens is 1. The summed E-state index contributed by atoms with van der Waals surface area (Å²) in [5, 5.41) is 4.89. The molecular weight excluding hydrogens is 276 g/mol. The first-order valence-corrected chi connectivity index (χ1v) is 7.32. The van der Waals surface area contributed by atoms with Crippen LogP contribution in [0.25, 0.3) is 0 Å². The Kier molecular flexibility index (Phi) is 3.81. The summed E-state index contributed by atoms with van der Waals surface area (Å²) in [4.78, 5) is 40.0. The molecular formula is C13H21N4O4+. The summed E-state index contributed by atoms with van der Waals surface area (Å²) in [7, 11) is 1.46. The Morgan fingerprint density at radius 3 is 2.86 bits per heavy atom. The van der Waals surface area contributed by atoms with E-state index in [0.717, 1.165) is 6.54 Å². The molecule has 3 N–H and O–H groups in total. The summed E-state index contributed by atoms with van der Waals surface area (Å²) < 4.78 is 4.78. The van der Waals surface area contributed by atoms with E-state index in [0.29, 0.717) is 26.1 Å². The SMILES string of the molecule is COCC(=O)N[C@H]1C[C@H]2C(=O)N3CC[NH2+]C[C@H]3C(=O)N2C1. The molecule has 0 aliphatic carbocycles. The quantitative estimate of drug-likeness (QED) is 0.565. The van der Waals surface area contributed by atoms with Gasteiger partial charge in [0.25, 0.3) is 5.91 Å². The third kappa shape index (κ3) is 2.49. The molecule has 8 heteroatoms. The number of hydrogen-bond donors (Lipinski definition) is 2. The Morgan fingerprint density at radius 1 is 1.33 bits per heavy atom. The maximum absolute atomic E-state index is 12.5. The molecule has 0 bridgehead atoms.